The summed E-state index contributed by atoms with van der Waals surface area (Å²) in [6, 6.07) is 2.67. The maximum atomic E-state index is 13.9. The summed E-state index contributed by atoms with van der Waals surface area (Å²) in [6.07, 6.45) is -4.84. The lowest BCUT2D eigenvalue weighted by Gasteiger charge is -2.22. The molecule has 1 amide bonds. The van der Waals surface area contributed by atoms with Crippen LogP contribution in [0.25, 0.3) is 0 Å². The molecule has 118 valence electrons. The maximum absolute atomic E-state index is 13.9. The predicted octanol–water partition coefficient (Wildman–Crippen LogP) is 3.33. The number of carbonyl (C=O) groups is 1. The number of halogens is 5. The molecule has 3 nitrogen and oxygen atoms in total. The zero-order valence-electron chi connectivity index (χ0n) is 11.2. The summed E-state index contributed by atoms with van der Waals surface area (Å²) >= 11 is 3.14. The SMILES string of the molecule is COCCN(CCBr)C(=O)c1cccc(C(F)(F)F)c1F. The molecule has 0 radical (unpaired) electrons. The van der Waals surface area contributed by atoms with Crippen LogP contribution in [0.4, 0.5) is 17.6 Å². The highest BCUT2D eigenvalue weighted by atomic mass is 79.9. The monoisotopic (exact) mass is 371 g/mol. The van der Waals surface area contributed by atoms with Crippen LogP contribution in [0.5, 0.6) is 0 Å². The number of rotatable bonds is 6. The average molecular weight is 372 g/mol. The van der Waals surface area contributed by atoms with Gasteiger partial charge in [0.2, 0.25) is 0 Å². The van der Waals surface area contributed by atoms with Crippen molar-refractivity contribution < 1.29 is 27.1 Å². The summed E-state index contributed by atoms with van der Waals surface area (Å²) < 4.78 is 56.7. The number of hydrogen-bond donors (Lipinski definition) is 0. The molecule has 1 aromatic carbocycles. The fraction of sp³-hybridized carbons (Fsp3) is 0.462. The quantitative estimate of drug-likeness (QED) is 0.567. The van der Waals surface area contributed by atoms with E-state index in [1.807, 2.05) is 0 Å². The highest BCUT2D eigenvalue weighted by Crippen LogP contribution is 2.32. The summed E-state index contributed by atoms with van der Waals surface area (Å²) in [5.41, 5.74) is -2.04. The van der Waals surface area contributed by atoms with Crippen LogP contribution < -0.4 is 0 Å². The lowest BCUT2D eigenvalue weighted by atomic mass is 10.1. The van der Waals surface area contributed by atoms with Gasteiger partial charge in [-0.1, -0.05) is 22.0 Å². The Morgan fingerprint density at radius 1 is 1.33 bits per heavy atom. The second kappa shape index (κ2) is 7.74. The third-order valence-electron chi connectivity index (χ3n) is 2.74. The molecular weight excluding hydrogens is 358 g/mol. The Hall–Kier alpha value is -1.15. The minimum atomic E-state index is -4.84. The van der Waals surface area contributed by atoms with E-state index in [9.17, 15) is 22.4 Å². The predicted molar refractivity (Wildman–Crippen MR) is 73.0 cm³/mol. The fourth-order valence-electron chi connectivity index (χ4n) is 1.70. The highest BCUT2D eigenvalue weighted by Gasteiger charge is 2.36. The van der Waals surface area contributed by atoms with Gasteiger partial charge in [0.05, 0.1) is 17.7 Å². The minimum Gasteiger partial charge on any atom is -0.383 e. The highest BCUT2D eigenvalue weighted by molar-refractivity contribution is 9.09. The van der Waals surface area contributed by atoms with E-state index < -0.39 is 29.0 Å². The standard InChI is InChI=1S/C13H14BrF4NO2/c1-21-8-7-19(6-5-14)12(20)9-3-2-4-10(11(9)15)13(16,17)18/h2-4H,5-8H2,1H3. The lowest BCUT2D eigenvalue weighted by Crippen LogP contribution is -2.36. The first-order chi connectivity index (χ1) is 9.82. The van der Waals surface area contributed by atoms with Gasteiger partial charge in [-0.3, -0.25) is 4.79 Å². The smallest absolute Gasteiger partial charge is 0.383 e. The largest absolute Gasteiger partial charge is 0.419 e. The first-order valence-corrected chi connectivity index (χ1v) is 7.15. The first-order valence-electron chi connectivity index (χ1n) is 6.02. The second-order valence-electron chi connectivity index (χ2n) is 4.14. The zero-order chi connectivity index (χ0) is 16.0. The molecular formula is C13H14BrF4NO2. The Bertz CT molecular complexity index is 494. The zero-order valence-corrected chi connectivity index (χ0v) is 12.8. The molecule has 0 spiro atoms. The van der Waals surface area contributed by atoms with Crippen molar-refractivity contribution >= 4 is 21.8 Å². The Balaban J connectivity index is 3.10. The molecule has 0 saturated heterocycles. The van der Waals surface area contributed by atoms with Crippen LogP contribution >= 0.6 is 15.9 Å². The van der Waals surface area contributed by atoms with Crippen LogP contribution in [0, 0.1) is 5.82 Å². The van der Waals surface area contributed by atoms with Crippen LogP contribution in [-0.2, 0) is 10.9 Å². The summed E-state index contributed by atoms with van der Waals surface area (Å²) in [5.74, 6) is -2.35. The number of carbonyl (C=O) groups excluding carboxylic acids is 1. The summed E-state index contributed by atoms with van der Waals surface area (Å²) in [7, 11) is 1.43. The molecule has 0 saturated carbocycles. The van der Waals surface area contributed by atoms with Gasteiger partial charge in [0.1, 0.15) is 5.82 Å². The average Bonchev–Trinajstić information content (AvgIpc) is 2.41. The first kappa shape index (κ1) is 17.9. The van der Waals surface area contributed by atoms with E-state index in [2.05, 4.69) is 15.9 Å². The van der Waals surface area contributed by atoms with E-state index in [-0.39, 0.29) is 19.7 Å². The van der Waals surface area contributed by atoms with E-state index in [1.54, 1.807) is 0 Å². The van der Waals surface area contributed by atoms with Crippen molar-refractivity contribution in [3.63, 3.8) is 0 Å². The number of benzene rings is 1. The summed E-state index contributed by atoms with van der Waals surface area (Å²) in [5, 5.41) is 0.420. The van der Waals surface area contributed by atoms with Crippen molar-refractivity contribution in [2.45, 2.75) is 6.18 Å². The lowest BCUT2D eigenvalue weighted by molar-refractivity contribution is -0.140. The van der Waals surface area contributed by atoms with Crippen molar-refractivity contribution in [2.75, 3.05) is 32.1 Å². The molecule has 8 heteroatoms. The molecule has 0 aliphatic heterocycles. The molecule has 0 atom stereocenters. The van der Waals surface area contributed by atoms with E-state index >= 15 is 0 Å². The minimum absolute atomic E-state index is 0.163. The molecule has 0 unspecified atom stereocenters. The number of nitrogens with zero attached hydrogens (tertiary/aromatic N) is 1. The van der Waals surface area contributed by atoms with Crippen LogP contribution in [0.1, 0.15) is 15.9 Å². The van der Waals surface area contributed by atoms with Crippen molar-refractivity contribution in [3.8, 4) is 0 Å². The molecule has 0 aliphatic rings. The summed E-state index contributed by atoms with van der Waals surface area (Å²) in [4.78, 5) is 13.4. The number of ether oxygens (including phenoxy) is 1. The van der Waals surface area contributed by atoms with Gasteiger partial charge in [0.25, 0.3) is 5.91 Å². The molecule has 0 heterocycles. The fourth-order valence-corrected chi connectivity index (χ4v) is 2.13. The van der Waals surface area contributed by atoms with Gasteiger partial charge >= 0.3 is 6.18 Å². The molecule has 21 heavy (non-hydrogen) atoms. The normalized spacial score (nSPS) is 11.5. The Morgan fingerprint density at radius 3 is 2.52 bits per heavy atom. The van der Waals surface area contributed by atoms with Crippen molar-refractivity contribution in [1.82, 2.24) is 4.90 Å². The van der Waals surface area contributed by atoms with Gasteiger partial charge in [-0.15, -0.1) is 0 Å². The molecule has 0 fully saturated rings. The van der Waals surface area contributed by atoms with Gasteiger partial charge in [0, 0.05) is 25.5 Å². The van der Waals surface area contributed by atoms with E-state index in [0.29, 0.717) is 11.4 Å². The van der Waals surface area contributed by atoms with Gasteiger partial charge in [0.15, 0.2) is 0 Å². The number of methoxy groups -OCH3 is 1. The van der Waals surface area contributed by atoms with Gasteiger partial charge < -0.3 is 9.64 Å². The molecule has 0 aromatic heterocycles. The van der Waals surface area contributed by atoms with Gasteiger partial charge in [-0.2, -0.15) is 13.2 Å². The van der Waals surface area contributed by atoms with Crippen molar-refractivity contribution in [1.29, 1.82) is 0 Å². The van der Waals surface area contributed by atoms with Gasteiger partial charge in [-0.25, -0.2) is 4.39 Å². The van der Waals surface area contributed by atoms with Crippen LogP contribution in [0.3, 0.4) is 0 Å². The van der Waals surface area contributed by atoms with Crippen LogP contribution in [0.15, 0.2) is 18.2 Å². The third-order valence-corrected chi connectivity index (χ3v) is 3.10. The van der Waals surface area contributed by atoms with Crippen molar-refractivity contribution in [3.05, 3.63) is 35.1 Å². The maximum Gasteiger partial charge on any atom is 0.419 e. The number of alkyl halides is 4. The Morgan fingerprint density at radius 2 is 2.00 bits per heavy atom. The molecule has 0 aliphatic carbocycles. The van der Waals surface area contributed by atoms with E-state index in [0.717, 1.165) is 12.1 Å². The second-order valence-corrected chi connectivity index (χ2v) is 4.93. The van der Waals surface area contributed by atoms with Crippen LogP contribution in [0.2, 0.25) is 0 Å². The number of amides is 1. The molecule has 0 bridgehead atoms. The summed E-state index contributed by atoms with van der Waals surface area (Å²) in [6.45, 7) is 0.605. The van der Waals surface area contributed by atoms with Crippen LogP contribution in [-0.4, -0.2) is 42.9 Å². The molecule has 0 N–H and O–H groups in total. The van der Waals surface area contributed by atoms with E-state index in [4.69, 9.17) is 4.74 Å². The van der Waals surface area contributed by atoms with Gasteiger partial charge in [-0.05, 0) is 12.1 Å². The van der Waals surface area contributed by atoms with E-state index in [1.165, 1.54) is 12.0 Å². The molecule has 1 rings (SSSR count). The van der Waals surface area contributed by atoms with Crippen molar-refractivity contribution in [2.24, 2.45) is 0 Å². The Kier molecular flexibility index (Phi) is 6.60. The molecule has 1 aromatic rings. The third kappa shape index (κ3) is 4.67. The number of hydrogen-bond acceptors (Lipinski definition) is 2. The Labute approximate surface area is 128 Å². The topological polar surface area (TPSA) is 29.5 Å².